The lowest BCUT2D eigenvalue weighted by atomic mass is 10.1. The van der Waals surface area contributed by atoms with Gasteiger partial charge in [-0.25, -0.2) is 9.37 Å². The number of amides is 1. The smallest absolute Gasteiger partial charge is 0.220 e. The summed E-state index contributed by atoms with van der Waals surface area (Å²) in [6.45, 7) is 0.447. The van der Waals surface area contributed by atoms with Crippen LogP contribution in [0.2, 0.25) is 0 Å². The first kappa shape index (κ1) is 15.2. The van der Waals surface area contributed by atoms with Crippen LogP contribution in [0.25, 0.3) is 11.0 Å². The first-order chi connectivity index (χ1) is 11.1. The van der Waals surface area contributed by atoms with E-state index in [9.17, 15) is 9.18 Å². The molecule has 0 saturated heterocycles. The van der Waals surface area contributed by atoms with Crippen LogP contribution in [0, 0.1) is 5.82 Å². The van der Waals surface area contributed by atoms with E-state index in [-0.39, 0.29) is 18.1 Å². The summed E-state index contributed by atoms with van der Waals surface area (Å²) in [6, 6.07) is 12.5. The highest BCUT2D eigenvalue weighted by atomic mass is 19.1. The van der Waals surface area contributed by atoms with Crippen LogP contribution in [0.5, 0.6) is 0 Å². The lowest BCUT2D eigenvalue weighted by Crippen LogP contribution is -2.23. The number of nitrogens with one attached hydrogen (secondary N) is 1. The molecule has 0 saturated carbocycles. The number of nitrogens with zero attached hydrogens (tertiary/aromatic N) is 2. The molecule has 3 rings (SSSR count). The van der Waals surface area contributed by atoms with Gasteiger partial charge in [0.15, 0.2) is 0 Å². The summed E-state index contributed by atoms with van der Waals surface area (Å²) < 4.78 is 15.5. The predicted molar refractivity (Wildman–Crippen MR) is 87.3 cm³/mol. The summed E-state index contributed by atoms with van der Waals surface area (Å²) in [5.74, 6) is -0.352. The number of carbonyl (C=O) groups excluding carboxylic acids is 1. The van der Waals surface area contributed by atoms with E-state index in [1.165, 1.54) is 6.07 Å². The van der Waals surface area contributed by atoms with Gasteiger partial charge in [-0.05, 0) is 35.7 Å². The summed E-state index contributed by atoms with van der Waals surface area (Å²) >= 11 is 0. The third kappa shape index (κ3) is 3.56. The monoisotopic (exact) mass is 311 g/mol. The second kappa shape index (κ2) is 6.60. The molecule has 1 amide bonds. The number of aromatic nitrogens is 2. The van der Waals surface area contributed by atoms with Crippen LogP contribution >= 0.6 is 0 Å². The number of carbonyl (C=O) groups is 1. The molecule has 0 unspecified atom stereocenters. The Morgan fingerprint density at radius 1 is 1.26 bits per heavy atom. The molecule has 4 nitrogen and oxygen atoms in total. The molecule has 0 aliphatic rings. The van der Waals surface area contributed by atoms with Crippen LogP contribution in [0.3, 0.4) is 0 Å². The Balaban J connectivity index is 1.54. The molecule has 0 fully saturated rings. The first-order valence-corrected chi connectivity index (χ1v) is 7.53. The molecule has 0 aliphatic heterocycles. The van der Waals surface area contributed by atoms with Gasteiger partial charge in [0.25, 0.3) is 0 Å². The minimum absolute atomic E-state index is 0.0885. The highest BCUT2D eigenvalue weighted by Gasteiger charge is 2.06. The summed E-state index contributed by atoms with van der Waals surface area (Å²) in [6.07, 6.45) is 2.44. The Morgan fingerprint density at radius 2 is 2.09 bits per heavy atom. The Bertz CT molecular complexity index is 841. The van der Waals surface area contributed by atoms with Crippen molar-refractivity contribution in [2.45, 2.75) is 19.4 Å². The number of hydrogen-bond acceptors (Lipinski definition) is 2. The molecule has 3 aromatic rings. The number of fused-ring (bicyclic) bond motifs is 1. The maximum Gasteiger partial charge on any atom is 0.220 e. The van der Waals surface area contributed by atoms with Gasteiger partial charge in [-0.1, -0.05) is 24.3 Å². The molecule has 0 bridgehead atoms. The van der Waals surface area contributed by atoms with E-state index in [1.807, 2.05) is 29.8 Å². The average molecular weight is 311 g/mol. The van der Waals surface area contributed by atoms with Gasteiger partial charge in [0.1, 0.15) is 5.82 Å². The Kier molecular flexibility index (Phi) is 4.37. The second-order valence-corrected chi connectivity index (χ2v) is 5.55. The fraction of sp³-hybridized carbons (Fsp3) is 0.222. The lowest BCUT2D eigenvalue weighted by molar-refractivity contribution is -0.121. The normalized spacial score (nSPS) is 10.9. The highest BCUT2D eigenvalue weighted by molar-refractivity contribution is 5.77. The zero-order chi connectivity index (χ0) is 16.2. The van der Waals surface area contributed by atoms with Crippen molar-refractivity contribution >= 4 is 16.9 Å². The Morgan fingerprint density at radius 3 is 2.91 bits per heavy atom. The maximum absolute atomic E-state index is 13.5. The van der Waals surface area contributed by atoms with E-state index >= 15 is 0 Å². The molecular formula is C18H18FN3O. The average Bonchev–Trinajstić information content (AvgIpc) is 2.93. The quantitative estimate of drug-likeness (QED) is 0.787. The van der Waals surface area contributed by atoms with Crippen LogP contribution in [-0.4, -0.2) is 15.5 Å². The van der Waals surface area contributed by atoms with Gasteiger partial charge < -0.3 is 9.88 Å². The molecule has 2 aromatic carbocycles. The van der Waals surface area contributed by atoms with Gasteiger partial charge in [0.2, 0.25) is 5.91 Å². The van der Waals surface area contributed by atoms with Crippen molar-refractivity contribution in [3.05, 3.63) is 65.7 Å². The Labute approximate surface area is 134 Å². The fourth-order valence-corrected chi connectivity index (χ4v) is 2.53. The van der Waals surface area contributed by atoms with E-state index in [4.69, 9.17) is 0 Å². The van der Waals surface area contributed by atoms with Crippen molar-refractivity contribution in [3.63, 3.8) is 0 Å². The largest absolute Gasteiger partial charge is 0.352 e. The zero-order valence-electron chi connectivity index (χ0n) is 12.9. The van der Waals surface area contributed by atoms with E-state index in [0.717, 1.165) is 16.6 Å². The van der Waals surface area contributed by atoms with Crippen LogP contribution in [0.1, 0.15) is 17.5 Å². The van der Waals surface area contributed by atoms with E-state index < -0.39 is 0 Å². The van der Waals surface area contributed by atoms with Gasteiger partial charge in [-0.2, -0.15) is 0 Å². The van der Waals surface area contributed by atoms with Crippen molar-refractivity contribution < 1.29 is 9.18 Å². The molecule has 1 heterocycles. The molecule has 118 valence electrons. The van der Waals surface area contributed by atoms with Gasteiger partial charge in [0, 0.05) is 20.0 Å². The van der Waals surface area contributed by atoms with Gasteiger partial charge >= 0.3 is 0 Å². The molecule has 0 spiro atoms. The van der Waals surface area contributed by atoms with Gasteiger partial charge in [0.05, 0.1) is 17.4 Å². The summed E-state index contributed by atoms with van der Waals surface area (Å²) in [4.78, 5) is 16.2. The van der Waals surface area contributed by atoms with Crippen molar-refractivity contribution in [1.29, 1.82) is 0 Å². The standard InChI is InChI=1S/C18H18FN3O/c1-22-12-21-16-10-13(6-8-17(16)22)11-20-18(23)9-7-14-4-2-3-5-15(14)19/h2-6,8,10,12H,7,9,11H2,1H3,(H,20,23). The fourth-order valence-electron chi connectivity index (χ4n) is 2.53. The molecule has 5 heteroatoms. The minimum atomic E-state index is -0.263. The third-order valence-electron chi connectivity index (χ3n) is 3.86. The Hall–Kier alpha value is -2.69. The number of benzene rings is 2. The van der Waals surface area contributed by atoms with Crippen molar-refractivity contribution in [3.8, 4) is 0 Å². The van der Waals surface area contributed by atoms with Crippen molar-refractivity contribution in [2.75, 3.05) is 0 Å². The second-order valence-electron chi connectivity index (χ2n) is 5.55. The zero-order valence-corrected chi connectivity index (χ0v) is 12.9. The minimum Gasteiger partial charge on any atom is -0.352 e. The molecule has 0 aliphatic carbocycles. The maximum atomic E-state index is 13.5. The molecule has 0 radical (unpaired) electrons. The van der Waals surface area contributed by atoms with Crippen LogP contribution in [-0.2, 0) is 24.8 Å². The lowest BCUT2D eigenvalue weighted by Gasteiger charge is -2.06. The SMILES string of the molecule is Cn1cnc2cc(CNC(=O)CCc3ccccc3F)ccc21. The third-order valence-corrected chi connectivity index (χ3v) is 3.86. The van der Waals surface area contributed by atoms with Crippen LogP contribution in [0.15, 0.2) is 48.8 Å². The number of imidazole rings is 1. The topological polar surface area (TPSA) is 46.9 Å². The molecule has 0 atom stereocenters. The van der Waals surface area contributed by atoms with Crippen LogP contribution < -0.4 is 5.32 Å². The number of halogens is 1. The summed E-state index contributed by atoms with van der Waals surface area (Å²) in [5.41, 5.74) is 3.53. The van der Waals surface area contributed by atoms with Crippen molar-refractivity contribution in [2.24, 2.45) is 7.05 Å². The molecular weight excluding hydrogens is 293 g/mol. The van der Waals surface area contributed by atoms with E-state index in [1.54, 1.807) is 24.5 Å². The number of rotatable bonds is 5. The van der Waals surface area contributed by atoms with E-state index in [0.29, 0.717) is 18.5 Å². The molecule has 1 N–H and O–H groups in total. The number of hydrogen-bond donors (Lipinski definition) is 1. The first-order valence-electron chi connectivity index (χ1n) is 7.53. The van der Waals surface area contributed by atoms with Crippen LogP contribution in [0.4, 0.5) is 4.39 Å². The van der Waals surface area contributed by atoms with Crippen molar-refractivity contribution in [1.82, 2.24) is 14.9 Å². The molecule has 23 heavy (non-hydrogen) atoms. The number of aryl methyl sites for hydroxylation is 2. The summed E-state index contributed by atoms with van der Waals surface area (Å²) in [7, 11) is 1.94. The van der Waals surface area contributed by atoms with E-state index in [2.05, 4.69) is 10.3 Å². The van der Waals surface area contributed by atoms with Gasteiger partial charge in [-0.3, -0.25) is 4.79 Å². The summed E-state index contributed by atoms with van der Waals surface area (Å²) in [5, 5.41) is 2.86. The highest BCUT2D eigenvalue weighted by Crippen LogP contribution is 2.14. The molecule has 1 aromatic heterocycles. The predicted octanol–water partition coefficient (Wildman–Crippen LogP) is 2.96. The van der Waals surface area contributed by atoms with Gasteiger partial charge in [-0.15, -0.1) is 0 Å².